The third kappa shape index (κ3) is 2.87. The molecule has 7 nitrogen and oxygen atoms in total. The second kappa shape index (κ2) is 6.72. The minimum atomic E-state index is -0.357. The van der Waals surface area contributed by atoms with E-state index in [9.17, 15) is 14.4 Å². The van der Waals surface area contributed by atoms with Crippen LogP contribution in [0.3, 0.4) is 0 Å². The number of pyridine rings is 1. The first-order valence-electron chi connectivity index (χ1n) is 9.39. The first-order valence-corrected chi connectivity index (χ1v) is 9.39. The van der Waals surface area contributed by atoms with Crippen molar-refractivity contribution in [3.05, 3.63) is 45.7 Å². The van der Waals surface area contributed by atoms with Gasteiger partial charge in [-0.05, 0) is 31.9 Å². The average molecular weight is 369 g/mol. The van der Waals surface area contributed by atoms with Gasteiger partial charge in [-0.25, -0.2) is 4.79 Å². The summed E-state index contributed by atoms with van der Waals surface area (Å²) >= 11 is 0. The molecule has 4 rings (SSSR count). The molecule has 0 aliphatic carbocycles. The van der Waals surface area contributed by atoms with Crippen LogP contribution in [0.5, 0.6) is 0 Å². The minimum absolute atomic E-state index is 0.206. The summed E-state index contributed by atoms with van der Waals surface area (Å²) in [5, 5.41) is 0.604. The topological polar surface area (TPSA) is 71.8 Å². The number of hydrogen-bond acceptors (Lipinski definition) is 4. The first-order chi connectivity index (χ1) is 13.0. The molecule has 1 saturated heterocycles. The summed E-state index contributed by atoms with van der Waals surface area (Å²) in [6.07, 6.45) is 2.23. The van der Waals surface area contributed by atoms with E-state index in [1.807, 2.05) is 16.7 Å². The molecule has 0 saturated carbocycles. The summed E-state index contributed by atoms with van der Waals surface area (Å²) in [6, 6.07) is 5.94. The fourth-order valence-corrected chi connectivity index (χ4v) is 4.05. The molecule has 27 heavy (non-hydrogen) atoms. The van der Waals surface area contributed by atoms with Crippen molar-refractivity contribution in [2.45, 2.75) is 26.3 Å². The molecule has 7 heteroatoms. The quantitative estimate of drug-likeness (QED) is 0.812. The van der Waals surface area contributed by atoms with Crippen molar-refractivity contribution >= 4 is 22.9 Å². The molecule has 0 N–H and O–H groups in total. The van der Waals surface area contributed by atoms with Gasteiger partial charge >= 0.3 is 6.09 Å². The van der Waals surface area contributed by atoms with E-state index in [1.54, 1.807) is 29.0 Å². The number of carbonyl (C=O) groups excluding carboxylic acids is 2. The maximum Gasteiger partial charge on any atom is 0.409 e. The van der Waals surface area contributed by atoms with Crippen LogP contribution >= 0.6 is 0 Å². The van der Waals surface area contributed by atoms with E-state index < -0.39 is 0 Å². The lowest BCUT2D eigenvalue weighted by molar-refractivity contribution is 0.0569. The summed E-state index contributed by atoms with van der Waals surface area (Å²) in [6.45, 7) is 5.79. The highest BCUT2D eigenvalue weighted by Crippen LogP contribution is 2.31. The fourth-order valence-electron chi connectivity index (χ4n) is 4.05. The molecule has 2 aromatic rings. The lowest BCUT2D eigenvalue weighted by Crippen LogP contribution is -2.51. The predicted octanol–water partition coefficient (Wildman–Crippen LogP) is 2.03. The van der Waals surface area contributed by atoms with Crippen molar-refractivity contribution < 1.29 is 14.3 Å². The normalized spacial score (nSPS) is 18.8. The van der Waals surface area contributed by atoms with Gasteiger partial charge in [0.05, 0.1) is 12.1 Å². The highest BCUT2D eigenvalue weighted by atomic mass is 16.6. The van der Waals surface area contributed by atoms with E-state index in [0.29, 0.717) is 38.2 Å². The number of nitrogens with zero attached hydrogens (tertiary/aromatic N) is 3. The van der Waals surface area contributed by atoms with Crippen molar-refractivity contribution in [1.29, 1.82) is 0 Å². The Kier molecular flexibility index (Phi) is 4.37. The van der Waals surface area contributed by atoms with Crippen molar-refractivity contribution in [3.8, 4) is 0 Å². The van der Waals surface area contributed by atoms with E-state index in [-0.39, 0.29) is 29.0 Å². The van der Waals surface area contributed by atoms with Crippen LogP contribution in [0, 0.1) is 0 Å². The molecule has 0 spiro atoms. The molecule has 1 aromatic heterocycles. The van der Waals surface area contributed by atoms with Gasteiger partial charge < -0.3 is 19.1 Å². The maximum absolute atomic E-state index is 13.0. The largest absolute Gasteiger partial charge is 0.450 e. The Labute approximate surface area is 157 Å². The number of ether oxygens (including phenoxy) is 1. The predicted molar refractivity (Wildman–Crippen MR) is 101 cm³/mol. The van der Waals surface area contributed by atoms with Crippen LogP contribution in [-0.2, 0) is 11.2 Å². The van der Waals surface area contributed by atoms with Gasteiger partial charge in [-0.2, -0.15) is 0 Å². The molecule has 2 aliphatic rings. The molecule has 1 fully saturated rings. The second-order valence-corrected chi connectivity index (χ2v) is 7.12. The second-order valence-electron chi connectivity index (χ2n) is 7.12. The summed E-state index contributed by atoms with van der Waals surface area (Å²) < 4.78 is 7.06. The molecule has 0 unspecified atom stereocenters. The zero-order valence-corrected chi connectivity index (χ0v) is 15.6. The van der Waals surface area contributed by atoms with Gasteiger partial charge in [0.1, 0.15) is 5.56 Å². The van der Waals surface area contributed by atoms with Gasteiger partial charge in [0, 0.05) is 43.8 Å². The Bertz CT molecular complexity index is 973. The zero-order chi connectivity index (χ0) is 19.1. The Morgan fingerprint density at radius 3 is 2.56 bits per heavy atom. The summed E-state index contributed by atoms with van der Waals surface area (Å²) in [4.78, 5) is 41.1. The Hall–Kier alpha value is -2.83. The molecule has 1 atom stereocenters. The molecule has 2 aliphatic heterocycles. The third-order valence-corrected chi connectivity index (χ3v) is 5.45. The number of rotatable bonds is 2. The minimum Gasteiger partial charge on any atom is -0.450 e. The van der Waals surface area contributed by atoms with Crippen LogP contribution in [0.25, 0.3) is 10.9 Å². The third-order valence-electron chi connectivity index (χ3n) is 5.45. The highest BCUT2D eigenvalue weighted by molar-refractivity contribution is 5.98. The molecule has 3 heterocycles. The molecular weight excluding hydrogens is 346 g/mol. The summed E-state index contributed by atoms with van der Waals surface area (Å²) in [7, 11) is 0. The molecule has 0 bridgehead atoms. The summed E-state index contributed by atoms with van der Waals surface area (Å²) in [5.74, 6) is -0.265. The smallest absolute Gasteiger partial charge is 0.409 e. The number of benzene rings is 1. The molecule has 2 amide bonds. The zero-order valence-electron chi connectivity index (χ0n) is 15.6. The van der Waals surface area contributed by atoms with E-state index in [2.05, 4.69) is 6.92 Å². The molecule has 142 valence electrons. The van der Waals surface area contributed by atoms with E-state index in [1.165, 1.54) is 0 Å². The van der Waals surface area contributed by atoms with Crippen LogP contribution in [0.4, 0.5) is 4.79 Å². The van der Waals surface area contributed by atoms with Crippen LogP contribution < -0.4 is 5.43 Å². The average Bonchev–Trinajstić information content (AvgIpc) is 3.00. The van der Waals surface area contributed by atoms with Gasteiger partial charge in [0.2, 0.25) is 5.43 Å². The maximum atomic E-state index is 13.0. The van der Waals surface area contributed by atoms with Crippen molar-refractivity contribution in [2.24, 2.45) is 0 Å². The Morgan fingerprint density at radius 2 is 1.85 bits per heavy atom. The molecular formula is C20H23N3O4. The van der Waals surface area contributed by atoms with Crippen LogP contribution in [0.1, 0.15) is 35.8 Å². The van der Waals surface area contributed by atoms with Crippen LogP contribution in [-0.4, -0.2) is 59.2 Å². The van der Waals surface area contributed by atoms with Gasteiger partial charge in [0.25, 0.3) is 5.91 Å². The van der Waals surface area contributed by atoms with Crippen LogP contribution in [0.2, 0.25) is 0 Å². The summed E-state index contributed by atoms with van der Waals surface area (Å²) in [5.41, 5.74) is 2.09. The number of hydrogen-bond donors (Lipinski definition) is 0. The lowest BCUT2D eigenvalue weighted by Gasteiger charge is -2.34. The Balaban J connectivity index is 1.61. The SMILES string of the molecule is CCOC(=O)N1CCN(C(=O)c2cn3c4c(cccc4c2=O)C[C@@H]3C)CC1. The number of aromatic nitrogens is 1. The first kappa shape index (κ1) is 17.6. The Morgan fingerprint density at radius 1 is 1.15 bits per heavy atom. The van der Waals surface area contributed by atoms with Gasteiger partial charge in [-0.15, -0.1) is 0 Å². The monoisotopic (exact) mass is 369 g/mol. The number of para-hydroxylation sites is 1. The molecule has 1 aromatic carbocycles. The van der Waals surface area contributed by atoms with Gasteiger partial charge in [-0.3, -0.25) is 9.59 Å². The van der Waals surface area contributed by atoms with E-state index in [0.717, 1.165) is 17.5 Å². The standard InChI is InChI=1S/C20H23N3O4/c1-3-27-20(26)22-9-7-21(8-10-22)19(25)16-12-23-13(2)11-14-5-4-6-15(17(14)23)18(16)24/h4-6,12-13H,3,7-11H2,1-2H3/t13-/m0/s1. The molecule has 0 radical (unpaired) electrons. The van der Waals surface area contributed by atoms with Crippen molar-refractivity contribution in [1.82, 2.24) is 14.4 Å². The number of piperazine rings is 1. The fraction of sp³-hybridized carbons (Fsp3) is 0.450. The van der Waals surface area contributed by atoms with Crippen LogP contribution in [0.15, 0.2) is 29.2 Å². The van der Waals surface area contributed by atoms with E-state index >= 15 is 0 Å². The van der Waals surface area contributed by atoms with Crippen molar-refractivity contribution in [3.63, 3.8) is 0 Å². The number of carbonyl (C=O) groups is 2. The lowest BCUT2D eigenvalue weighted by atomic mass is 10.1. The van der Waals surface area contributed by atoms with Gasteiger partial charge in [0.15, 0.2) is 0 Å². The number of amides is 2. The van der Waals surface area contributed by atoms with Gasteiger partial charge in [-0.1, -0.05) is 12.1 Å². The van der Waals surface area contributed by atoms with E-state index in [4.69, 9.17) is 4.74 Å². The highest BCUT2D eigenvalue weighted by Gasteiger charge is 2.29. The van der Waals surface area contributed by atoms with Crippen molar-refractivity contribution in [2.75, 3.05) is 32.8 Å².